The summed E-state index contributed by atoms with van der Waals surface area (Å²) in [6, 6.07) is 7.43. The number of amides is 3. The van der Waals surface area contributed by atoms with Crippen molar-refractivity contribution in [2.75, 3.05) is 26.2 Å². The van der Waals surface area contributed by atoms with Gasteiger partial charge in [0, 0.05) is 32.1 Å². The summed E-state index contributed by atoms with van der Waals surface area (Å²) in [6.45, 7) is 12.1. The quantitative estimate of drug-likeness (QED) is 0.637. The Morgan fingerprint density at radius 2 is 1.68 bits per heavy atom. The lowest BCUT2D eigenvalue weighted by molar-refractivity contribution is -0.148. The van der Waals surface area contributed by atoms with Crippen molar-refractivity contribution in [1.82, 2.24) is 15.1 Å². The Morgan fingerprint density at radius 1 is 1.10 bits per heavy atom. The smallest absolute Gasteiger partial charge is 0.319 e. The second-order valence-corrected chi connectivity index (χ2v) is 8.43. The van der Waals surface area contributed by atoms with Crippen molar-refractivity contribution in [3.05, 3.63) is 35.4 Å². The van der Waals surface area contributed by atoms with Crippen molar-refractivity contribution in [2.45, 2.75) is 66.0 Å². The second kappa shape index (κ2) is 11.7. The minimum absolute atomic E-state index is 0.0396. The standard InChI is InChI=1S/C24H37N3O4/c1-6-26(7-2)24(30)27-14-12-20(13-15-27)23(29)25-21(16-22(28)31-17(3)4)19-10-8-18(5)9-11-19/h8-11,17,20-21H,6-7,12-16H2,1-5H3,(H,25,29). The van der Waals surface area contributed by atoms with Crippen LogP contribution in [0.4, 0.5) is 4.79 Å². The molecule has 31 heavy (non-hydrogen) atoms. The van der Waals surface area contributed by atoms with E-state index in [4.69, 9.17) is 4.74 Å². The van der Waals surface area contributed by atoms with Crippen LogP contribution in [-0.2, 0) is 14.3 Å². The van der Waals surface area contributed by atoms with Gasteiger partial charge in [-0.25, -0.2) is 4.79 Å². The van der Waals surface area contributed by atoms with Gasteiger partial charge in [0.2, 0.25) is 5.91 Å². The van der Waals surface area contributed by atoms with Gasteiger partial charge in [0.05, 0.1) is 18.6 Å². The van der Waals surface area contributed by atoms with Gasteiger partial charge in [-0.1, -0.05) is 29.8 Å². The number of urea groups is 1. The van der Waals surface area contributed by atoms with Gasteiger partial charge in [-0.15, -0.1) is 0 Å². The highest BCUT2D eigenvalue weighted by molar-refractivity contribution is 5.81. The van der Waals surface area contributed by atoms with Gasteiger partial charge < -0.3 is 19.9 Å². The lowest BCUT2D eigenvalue weighted by Crippen LogP contribution is -2.48. The molecule has 0 saturated carbocycles. The minimum Gasteiger partial charge on any atom is -0.463 e. The number of piperidine rings is 1. The van der Waals surface area contributed by atoms with Crippen molar-refractivity contribution in [1.29, 1.82) is 0 Å². The van der Waals surface area contributed by atoms with Gasteiger partial charge in [0.25, 0.3) is 0 Å². The molecule has 1 aliphatic rings. The van der Waals surface area contributed by atoms with E-state index < -0.39 is 6.04 Å². The fraction of sp³-hybridized carbons (Fsp3) is 0.625. The predicted octanol–water partition coefficient (Wildman–Crippen LogP) is 3.67. The molecule has 0 bridgehead atoms. The lowest BCUT2D eigenvalue weighted by Gasteiger charge is -2.35. The van der Waals surface area contributed by atoms with Crippen LogP contribution >= 0.6 is 0 Å². The topological polar surface area (TPSA) is 79.0 Å². The van der Waals surface area contributed by atoms with E-state index in [1.807, 2.05) is 63.8 Å². The Morgan fingerprint density at radius 3 is 2.19 bits per heavy atom. The normalized spacial score (nSPS) is 15.5. The number of nitrogens with one attached hydrogen (secondary N) is 1. The number of hydrogen-bond donors (Lipinski definition) is 1. The summed E-state index contributed by atoms with van der Waals surface area (Å²) >= 11 is 0. The fourth-order valence-corrected chi connectivity index (χ4v) is 3.85. The number of carbonyl (C=O) groups is 3. The molecular weight excluding hydrogens is 394 g/mol. The third-order valence-electron chi connectivity index (χ3n) is 5.70. The molecule has 7 nitrogen and oxygen atoms in total. The summed E-state index contributed by atoms with van der Waals surface area (Å²) < 4.78 is 5.30. The molecule has 1 unspecified atom stereocenters. The van der Waals surface area contributed by atoms with Crippen molar-refractivity contribution < 1.29 is 19.1 Å². The number of esters is 1. The molecule has 1 aromatic rings. The number of hydrogen-bond acceptors (Lipinski definition) is 4. The van der Waals surface area contributed by atoms with Gasteiger partial charge in [-0.2, -0.15) is 0 Å². The third kappa shape index (κ3) is 7.26. The predicted molar refractivity (Wildman–Crippen MR) is 121 cm³/mol. The van der Waals surface area contributed by atoms with E-state index in [1.165, 1.54) is 0 Å². The van der Waals surface area contributed by atoms with Crippen LogP contribution in [0.3, 0.4) is 0 Å². The Labute approximate surface area is 186 Å². The summed E-state index contributed by atoms with van der Waals surface area (Å²) in [5, 5.41) is 3.06. The highest BCUT2D eigenvalue weighted by atomic mass is 16.5. The number of likely N-dealkylation sites (tertiary alicyclic amines) is 1. The molecule has 1 saturated heterocycles. The number of rotatable bonds is 8. The summed E-state index contributed by atoms with van der Waals surface area (Å²) in [7, 11) is 0. The number of nitrogens with zero attached hydrogens (tertiary/aromatic N) is 2. The van der Waals surface area contributed by atoms with E-state index in [9.17, 15) is 14.4 Å². The van der Waals surface area contributed by atoms with E-state index in [1.54, 1.807) is 4.90 Å². The van der Waals surface area contributed by atoms with E-state index in [0.29, 0.717) is 39.0 Å². The van der Waals surface area contributed by atoms with E-state index in [-0.39, 0.29) is 36.4 Å². The number of carbonyl (C=O) groups excluding carboxylic acids is 3. The highest BCUT2D eigenvalue weighted by Gasteiger charge is 2.30. The molecule has 1 atom stereocenters. The van der Waals surface area contributed by atoms with Crippen LogP contribution in [0.2, 0.25) is 0 Å². The Balaban J connectivity index is 2.00. The van der Waals surface area contributed by atoms with Crippen LogP contribution in [-0.4, -0.2) is 60.0 Å². The molecule has 0 spiro atoms. The first-order valence-corrected chi connectivity index (χ1v) is 11.3. The summed E-state index contributed by atoms with van der Waals surface area (Å²) in [4.78, 5) is 41.4. The lowest BCUT2D eigenvalue weighted by atomic mass is 9.94. The van der Waals surface area contributed by atoms with Gasteiger partial charge >= 0.3 is 12.0 Å². The van der Waals surface area contributed by atoms with Crippen LogP contribution < -0.4 is 5.32 Å². The van der Waals surface area contributed by atoms with Gasteiger partial charge in [-0.3, -0.25) is 9.59 Å². The zero-order chi connectivity index (χ0) is 23.0. The van der Waals surface area contributed by atoms with Gasteiger partial charge in [-0.05, 0) is 53.0 Å². The summed E-state index contributed by atoms with van der Waals surface area (Å²) in [5.41, 5.74) is 2.00. The van der Waals surface area contributed by atoms with Crippen molar-refractivity contribution in [3.63, 3.8) is 0 Å². The van der Waals surface area contributed by atoms with E-state index in [2.05, 4.69) is 5.32 Å². The van der Waals surface area contributed by atoms with E-state index >= 15 is 0 Å². The highest BCUT2D eigenvalue weighted by Crippen LogP contribution is 2.23. The number of ether oxygens (including phenoxy) is 1. The van der Waals surface area contributed by atoms with Crippen LogP contribution in [0.5, 0.6) is 0 Å². The van der Waals surface area contributed by atoms with Gasteiger partial charge in [0.1, 0.15) is 0 Å². The molecule has 0 aromatic heterocycles. The Hall–Kier alpha value is -2.57. The first kappa shape index (κ1) is 24.7. The molecule has 0 aliphatic carbocycles. The SMILES string of the molecule is CCN(CC)C(=O)N1CCC(C(=O)NC(CC(=O)OC(C)C)c2ccc(C)cc2)CC1. The third-order valence-corrected chi connectivity index (χ3v) is 5.70. The summed E-state index contributed by atoms with van der Waals surface area (Å²) in [5.74, 6) is -0.576. The van der Waals surface area contributed by atoms with Crippen molar-refractivity contribution >= 4 is 17.9 Å². The van der Waals surface area contributed by atoms with Gasteiger partial charge in [0.15, 0.2) is 0 Å². The molecule has 1 fully saturated rings. The second-order valence-electron chi connectivity index (χ2n) is 8.43. The van der Waals surface area contributed by atoms with Crippen molar-refractivity contribution in [3.8, 4) is 0 Å². The number of benzene rings is 1. The molecule has 1 N–H and O–H groups in total. The Kier molecular flexibility index (Phi) is 9.34. The average Bonchev–Trinajstić information content (AvgIpc) is 2.74. The molecule has 1 aliphatic heterocycles. The van der Waals surface area contributed by atoms with Crippen molar-refractivity contribution in [2.24, 2.45) is 5.92 Å². The van der Waals surface area contributed by atoms with Crippen LogP contribution in [0, 0.1) is 12.8 Å². The molecule has 7 heteroatoms. The molecular formula is C24H37N3O4. The largest absolute Gasteiger partial charge is 0.463 e. The van der Waals surface area contributed by atoms with Crippen LogP contribution in [0.1, 0.15) is 64.1 Å². The molecule has 172 valence electrons. The zero-order valence-corrected chi connectivity index (χ0v) is 19.5. The first-order chi connectivity index (χ1) is 14.7. The Bertz CT molecular complexity index is 736. The molecule has 1 heterocycles. The molecule has 0 radical (unpaired) electrons. The monoisotopic (exact) mass is 431 g/mol. The molecule has 1 aromatic carbocycles. The maximum Gasteiger partial charge on any atom is 0.319 e. The van der Waals surface area contributed by atoms with Crippen LogP contribution in [0.15, 0.2) is 24.3 Å². The maximum absolute atomic E-state index is 13.0. The average molecular weight is 432 g/mol. The molecule has 2 rings (SSSR count). The summed E-state index contributed by atoms with van der Waals surface area (Å²) in [6.07, 6.45) is 1.13. The molecule has 3 amide bonds. The first-order valence-electron chi connectivity index (χ1n) is 11.3. The fourth-order valence-electron chi connectivity index (χ4n) is 3.85. The number of aryl methyl sites for hydroxylation is 1. The maximum atomic E-state index is 13.0. The zero-order valence-electron chi connectivity index (χ0n) is 19.5. The van der Waals surface area contributed by atoms with E-state index in [0.717, 1.165) is 11.1 Å². The van der Waals surface area contributed by atoms with Crippen LogP contribution in [0.25, 0.3) is 0 Å². The minimum atomic E-state index is -0.435.